The average molecular weight is 367 g/mol. The van der Waals surface area contributed by atoms with E-state index in [0.717, 1.165) is 35.3 Å². The van der Waals surface area contributed by atoms with Gasteiger partial charge in [-0.25, -0.2) is 6.42 Å². The van der Waals surface area contributed by atoms with Crippen molar-refractivity contribution in [3.63, 3.8) is 0 Å². The number of phenolic OH excluding ortho intramolecular Hbond substituents is 1. The van der Waals surface area contributed by atoms with Gasteiger partial charge in [0, 0.05) is 0 Å². The summed E-state index contributed by atoms with van der Waals surface area (Å²) >= 11 is 0. The monoisotopic (exact) mass is 366 g/mol. The standard InChI is InChI=1S/C16H33.C9H10O.Li/c1-6-9-15(4)12-8-13-16(5)11-7-10-14(2)3;1-3-8-6-9(10)5-4-7(8)2;/h14-16H,1,6-13H2,2-5H3;4-6,10H,1-3H2;/q-1;-2;+1/t15-,16+;;/m0../s1. The molecular formula is C25H43LiO-2. The second-order valence-electron chi connectivity index (χ2n) is 8.31. The maximum absolute atomic E-state index is 9.01. The molecule has 0 saturated carbocycles. The van der Waals surface area contributed by atoms with Crippen molar-refractivity contribution in [3.8, 4) is 5.75 Å². The first-order valence-electron chi connectivity index (χ1n) is 10.5. The van der Waals surface area contributed by atoms with Crippen LogP contribution in [0.4, 0.5) is 0 Å². The fraction of sp³-hybridized carbons (Fsp3) is 0.640. The predicted octanol–water partition coefficient (Wildman–Crippen LogP) is 4.82. The summed E-state index contributed by atoms with van der Waals surface area (Å²) in [6, 6.07) is 5.10. The molecule has 0 aliphatic heterocycles. The van der Waals surface area contributed by atoms with Crippen LogP contribution < -0.4 is 18.9 Å². The predicted molar refractivity (Wildman–Crippen MR) is 117 cm³/mol. The zero-order valence-electron chi connectivity index (χ0n) is 18.9. The molecule has 1 aromatic carbocycles. The van der Waals surface area contributed by atoms with Gasteiger partial charge in [0.05, 0.1) is 5.75 Å². The van der Waals surface area contributed by atoms with E-state index in [-0.39, 0.29) is 24.6 Å². The van der Waals surface area contributed by atoms with Gasteiger partial charge in [0.2, 0.25) is 0 Å². The number of hydrogen-bond acceptors (Lipinski definition) is 1. The van der Waals surface area contributed by atoms with Crippen LogP contribution in [-0.2, 0) is 6.42 Å². The summed E-state index contributed by atoms with van der Waals surface area (Å²) in [6.45, 7) is 20.9. The molecule has 2 atom stereocenters. The smallest absolute Gasteiger partial charge is 0.510 e. The fourth-order valence-electron chi connectivity index (χ4n) is 3.17. The van der Waals surface area contributed by atoms with Crippen molar-refractivity contribution >= 4 is 0 Å². The van der Waals surface area contributed by atoms with Crippen molar-refractivity contribution < 1.29 is 24.0 Å². The van der Waals surface area contributed by atoms with Crippen LogP contribution >= 0.6 is 0 Å². The van der Waals surface area contributed by atoms with Gasteiger partial charge in [-0.2, -0.15) is 30.5 Å². The van der Waals surface area contributed by atoms with Gasteiger partial charge in [-0.05, 0) is 17.8 Å². The van der Waals surface area contributed by atoms with Crippen molar-refractivity contribution in [2.24, 2.45) is 17.8 Å². The molecule has 2 heteroatoms. The van der Waals surface area contributed by atoms with E-state index in [1.807, 2.05) is 0 Å². The third-order valence-corrected chi connectivity index (χ3v) is 5.03. The van der Waals surface area contributed by atoms with Crippen LogP contribution in [0.3, 0.4) is 0 Å². The maximum atomic E-state index is 9.01. The Morgan fingerprint density at radius 1 is 0.852 bits per heavy atom. The molecule has 0 amide bonds. The largest absolute Gasteiger partial charge is 1.00 e. The molecule has 0 aliphatic carbocycles. The van der Waals surface area contributed by atoms with Crippen molar-refractivity contribution in [1.29, 1.82) is 0 Å². The van der Waals surface area contributed by atoms with E-state index in [4.69, 9.17) is 5.11 Å². The van der Waals surface area contributed by atoms with Gasteiger partial charge in [0.25, 0.3) is 0 Å². The molecule has 0 bridgehead atoms. The molecule has 0 radical (unpaired) electrons. The van der Waals surface area contributed by atoms with E-state index < -0.39 is 0 Å². The summed E-state index contributed by atoms with van der Waals surface area (Å²) in [5.41, 5.74) is 1.94. The second kappa shape index (κ2) is 17.6. The summed E-state index contributed by atoms with van der Waals surface area (Å²) in [5, 5.41) is 9.01. The number of aromatic hydroxyl groups is 1. The Kier molecular flexibility index (Phi) is 18.7. The van der Waals surface area contributed by atoms with Gasteiger partial charge >= 0.3 is 18.9 Å². The molecule has 0 aliphatic rings. The van der Waals surface area contributed by atoms with E-state index >= 15 is 0 Å². The molecular weight excluding hydrogens is 323 g/mol. The molecule has 1 rings (SSSR count). The van der Waals surface area contributed by atoms with E-state index in [1.54, 1.807) is 18.2 Å². The molecule has 152 valence electrons. The van der Waals surface area contributed by atoms with Gasteiger partial charge in [-0.1, -0.05) is 84.8 Å². The Hall–Kier alpha value is -0.513. The Bertz CT molecular complexity index is 456. The SMILES string of the molecule is [CH2-]CC[C@H](C)CCC[C@H](C)CCCC(C)C.[CH2-]Cc1cc(O)ccc1[CH2-].[Li+]. The summed E-state index contributed by atoms with van der Waals surface area (Å²) in [5.74, 6) is 2.99. The number of rotatable bonds is 11. The van der Waals surface area contributed by atoms with Gasteiger partial charge < -0.3 is 19.0 Å². The fourth-order valence-corrected chi connectivity index (χ4v) is 3.17. The van der Waals surface area contributed by atoms with Crippen molar-refractivity contribution in [1.82, 2.24) is 0 Å². The first-order chi connectivity index (χ1) is 12.3. The molecule has 1 N–H and O–H groups in total. The second-order valence-corrected chi connectivity index (χ2v) is 8.31. The molecule has 0 spiro atoms. The quantitative estimate of drug-likeness (QED) is 0.439. The van der Waals surface area contributed by atoms with Crippen LogP contribution in [0.5, 0.6) is 5.75 Å². The van der Waals surface area contributed by atoms with Crippen molar-refractivity contribution in [2.75, 3.05) is 0 Å². The van der Waals surface area contributed by atoms with Crippen molar-refractivity contribution in [3.05, 3.63) is 50.1 Å². The molecule has 1 nitrogen and oxygen atoms in total. The van der Waals surface area contributed by atoms with E-state index in [9.17, 15) is 0 Å². The van der Waals surface area contributed by atoms with Crippen LogP contribution in [0.2, 0.25) is 0 Å². The molecule has 0 unspecified atom stereocenters. The van der Waals surface area contributed by atoms with Gasteiger partial charge in [0.1, 0.15) is 0 Å². The van der Waals surface area contributed by atoms with E-state index in [2.05, 4.69) is 48.5 Å². The summed E-state index contributed by atoms with van der Waals surface area (Å²) in [7, 11) is 0. The third-order valence-electron chi connectivity index (χ3n) is 5.03. The Labute approximate surface area is 182 Å². The Morgan fingerprint density at radius 3 is 1.81 bits per heavy atom. The topological polar surface area (TPSA) is 20.2 Å². The van der Waals surface area contributed by atoms with Gasteiger partial charge in [-0.3, -0.25) is 0 Å². The molecule has 0 fully saturated rings. The molecule has 1 aromatic rings. The third kappa shape index (κ3) is 16.2. The zero-order valence-corrected chi connectivity index (χ0v) is 18.9. The maximum Gasteiger partial charge on any atom is 1.00 e. The first-order valence-corrected chi connectivity index (χ1v) is 10.5. The Balaban J connectivity index is 0. The zero-order chi connectivity index (χ0) is 19.9. The molecule has 27 heavy (non-hydrogen) atoms. The van der Waals surface area contributed by atoms with Crippen LogP contribution in [0.25, 0.3) is 0 Å². The van der Waals surface area contributed by atoms with Gasteiger partial charge in [-0.15, -0.1) is 0 Å². The molecule has 0 heterocycles. The van der Waals surface area contributed by atoms with Crippen LogP contribution in [-0.4, -0.2) is 5.11 Å². The average Bonchev–Trinajstić information content (AvgIpc) is 2.57. The number of phenols is 1. The van der Waals surface area contributed by atoms with E-state index in [1.165, 1.54) is 44.9 Å². The number of hydrogen-bond donors (Lipinski definition) is 1. The minimum atomic E-state index is 0. The Morgan fingerprint density at radius 2 is 1.37 bits per heavy atom. The van der Waals surface area contributed by atoms with Gasteiger partial charge in [0.15, 0.2) is 0 Å². The van der Waals surface area contributed by atoms with Crippen LogP contribution in [0.1, 0.15) is 90.2 Å². The first kappa shape index (κ1) is 28.7. The number of benzene rings is 1. The van der Waals surface area contributed by atoms with Crippen LogP contribution in [0, 0.1) is 38.5 Å². The van der Waals surface area contributed by atoms with Crippen molar-refractivity contribution in [2.45, 2.75) is 85.5 Å². The van der Waals surface area contributed by atoms with Crippen LogP contribution in [0.15, 0.2) is 18.2 Å². The summed E-state index contributed by atoms with van der Waals surface area (Å²) in [4.78, 5) is 0. The normalized spacial score (nSPS) is 12.7. The minimum absolute atomic E-state index is 0. The minimum Gasteiger partial charge on any atom is -0.510 e. The summed E-state index contributed by atoms with van der Waals surface area (Å²) < 4.78 is 0. The van der Waals surface area contributed by atoms with E-state index in [0.29, 0.717) is 6.42 Å². The summed E-state index contributed by atoms with van der Waals surface area (Å²) in [6.07, 6.45) is 11.6. The molecule has 0 saturated heterocycles. The molecule has 0 aromatic heterocycles.